The van der Waals surface area contributed by atoms with E-state index in [1.54, 1.807) is 0 Å². The van der Waals surface area contributed by atoms with Crippen molar-refractivity contribution in [1.82, 2.24) is 15.6 Å². The van der Waals surface area contributed by atoms with Crippen LogP contribution in [0.3, 0.4) is 0 Å². The second-order valence-corrected chi connectivity index (χ2v) is 4.26. The molecule has 1 fully saturated rings. The number of carbonyl (C=O) groups excluding carboxylic acids is 3. The Bertz CT molecular complexity index is 600. The van der Waals surface area contributed by atoms with Crippen LogP contribution in [0.2, 0.25) is 0 Å². The summed E-state index contributed by atoms with van der Waals surface area (Å²) in [6.45, 7) is 0. The van der Waals surface area contributed by atoms with Crippen molar-refractivity contribution in [3.8, 4) is 0 Å². The molecule has 1 aromatic heterocycles. The van der Waals surface area contributed by atoms with Crippen LogP contribution in [-0.4, -0.2) is 33.8 Å². The molecule has 0 bridgehead atoms. The van der Waals surface area contributed by atoms with E-state index in [1.165, 1.54) is 12.1 Å². The van der Waals surface area contributed by atoms with E-state index in [9.17, 15) is 24.5 Å². The number of piperidine rings is 1. The van der Waals surface area contributed by atoms with Crippen LogP contribution in [0.4, 0.5) is 16.3 Å². The third kappa shape index (κ3) is 3.72. The van der Waals surface area contributed by atoms with Gasteiger partial charge in [0.25, 0.3) is 5.69 Å². The number of nitrogens with one attached hydrogen (secondary N) is 3. The summed E-state index contributed by atoms with van der Waals surface area (Å²) in [5.41, 5.74) is -0.203. The highest BCUT2D eigenvalue weighted by Crippen LogP contribution is 2.12. The normalized spacial score (nSPS) is 17.8. The van der Waals surface area contributed by atoms with Crippen molar-refractivity contribution >= 4 is 29.4 Å². The fourth-order valence-corrected chi connectivity index (χ4v) is 1.71. The summed E-state index contributed by atoms with van der Waals surface area (Å²) < 4.78 is 0. The van der Waals surface area contributed by atoms with Gasteiger partial charge >= 0.3 is 6.03 Å². The van der Waals surface area contributed by atoms with Crippen molar-refractivity contribution < 1.29 is 19.3 Å². The predicted molar refractivity (Wildman–Crippen MR) is 69.2 cm³/mol. The van der Waals surface area contributed by atoms with E-state index in [2.05, 4.69) is 20.9 Å². The fraction of sp³-hybridized carbons (Fsp3) is 0.273. The molecule has 1 atom stereocenters. The molecule has 1 saturated heterocycles. The van der Waals surface area contributed by atoms with Gasteiger partial charge in [-0.3, -0.25) is 30.3 Å². The van der Waals surface area contributed by atoms with Crippen molar-refractivity contribution in [2.75, 3.05) is 5.32 Å². The van der Waals surface area contributed by atoms with Gasteiger partial charge in [0.15, 0.2) is 0 Å². The van der Waals surface area contributed by atoms with Crippen LogP contribution in [0.25, 0.3) is 0 Å². The average Bonchev–Trinajstić information content (AvgIpc) is 2.42. The molecule has 0 aromatic carbocycles. The molecule has 2 rings (SSSR count). The number of aromatic nitrogens is 1. The average molecular weight is 293 g/mol. The number of carbonyl (C=O) groups is 3. The van der Waals surface area contributed by atoms with Crippen LogP contribution in [0.1, 0.15) is 12.8 Å². The lowest BCUT2D eigenvalue weighted by Gasteiger charge is -2.21. The Balaban J connectivity index is 1.91. The number of hydrogen-bond acceptors (Lipinski definition) is 6. The summed E-state index contributed by atoms with van der Waals surface area (Å²) >= 11 is 0. The lowest BCUT2D eigenvalue weighted by atomic mass is 10.1. The molecule has 0 radical (unpaired) electrons. The van der Waals surface area contributed by atoms with E-state index in [0.717, 1.165) is 6.20 Å². The van der Waals surface area contributed by atoms with Crippen molar-refractivity contribution in [2.24, 2.45) is 0 Å². The highest BCUT2D eigenvalue weighted by molar-refractivity contribution is 6.02. The zero-order chi connectivity index (χ0) is 15.4. The first kappa shape index (κ1) is 14.4. The van der Waals surface area contributed by atoms with Gasteiger partial charge in [0.1, 0.15) is 18.1 Å². The third-order valence-corrected chi connectivity index (χ3v) is 2.74. The third-order valence-electron chi connectivity index (χ3n) is 2.74. The van der Waals surface area contributed by atoms with Crippen LogP contribution in [0.15, 0.2) is 18.3 Å². The van der Waals surface area contributed by atoms with Gasteiger partial charge in [-0.25, -0.2) is 9.78 Å². The van der Waals surface area contributed by atoms with E-state index in [0.29, 0.717) is 0 Å². The zero-order valence-corrected chi connectivity index (χ0v) is 10.7. The monoisotopic (exact) mass is 293 g/mol. The molecule has 0 aliphatic carbocycles. The molecule has 10 heteroatoms. The molecule has 0 saturated carbocycles. The van der Waals surface area contributed by atoms with E-state index >= 15 is 0 Å². The topological polar surface area (TPSA) is 143 Å². The summed E-state index contributed by atoms with van der Waals surface area (Å²) in [6, 6.07) is 0.961. The summed E-state index contributed by atoms with van der Waals surface area (Å²) in [5.74, 6) is -0.848. The number of urea groups is 1. The van der Waals surface area contributed by atoms with Crippen LogP contribution in [0, 0.1) is 10.1 Å². The zero-order valence-electron chi connectivity index (χ0n) is 10.7. The Morgan fingerprint density at radius 1 is 1.43 bits per heavy atom. The highest BCUT2D eigenvalue weighted by Gasteiger charge is 2.27. The van der Waals surface area contributed by atoms with Gasteiger partial charge in [-0.05, 0) is 12.5 Å². The Morgan fingerprint density at radius 3 is 2.76 bits per heavy atom. The molecule has 2 heterocycles. The Hall–Kier alpha value is -3.04. The number of amides is 4. The molecule has 21 heavy (non-hydrogen) atoms. The molecule has 3 N–H and O–H groups in total. The minimum absolute atomic E-state index is 0.102. The molecule has 4 amide bonds. The smallest absolute Gasteiger partial charge is 0.321 e. The lowest BCUT2D eigenvalue weighted by Crippen LogP contribution is -2.53. The quantitative estimate of drug-likeness (QED) is 0.404. The van der Waals surface area contributed by atoms with Crippen LogP contribution in [-0.2, 0) is 9.59 Å². The standard InChI is InChI=1S/C11H11N5O5/c17-9-4-2-7(10(18)15-9)13-11(19)14-8-3-1-6(5-12-8)16(20)21/h1,3,5,7H,2,4H2,(H,15,17,18)(H2,12,13,14,19)/t7-/m0/s1. The van der Waals surface area contributed by atoms with Gasteiger partial charge in [0.2, 0.25) is 11.8 Å². The van der Waals surface area contributed by atoms with E-state index in [4.69, 9.17) is 0 Å². The maximum Gasteiger partial charge on any atom is 0.321 e. The van der Waals surface area contributed by atoms with E-state index in [1.807, 2.05) is 0 Å². The summed E-state index contributed by atoms with van der Waals surface area (Å²) in [5, 5.41) is 17.3. The van der Waals surface area contributed by atoms with Gasteiger partial charge in [0, 0.05) is 12.5 Å². The van der Waals surface area contributed by atoms with Crippen molar-refractivity contribution in [3.05, 3.63) is 28.4 Å². The van der Waals surface area contributed by atoms with Gasteiger partial charge in [-0.2, -0.15) is 0 Å². The Kier molecular flexibility index (Phi) is 4.07. The van der Waals surface area contributed by atoms with Gasteiger partial charge in [0.05, 0.1) is 4.92 Å². The van der Waals surface area contributed by atoms with Crippen LogP contribution in [0.5, 0.6) is 0 Å². The number of rotatable bonds is 3. The van der Waals surface area contributed by atoms with E-state index in [-0.39, 0.29) is 30.3 Å². The Morgan fingerprint density at radius 2 is 2.19 bits per heavy atom. The largest absolute Gasteiger partial charge is 0.326 e. The summed E-state index contributed by atoms with van der Waals surface area (Å²) in [7, 11) is 0. The molecular weight excluding hydrogens is 282 g/mol. The molecule has 1 aromatic rings. The fourth-order valence-electron chi connectivity index (χ4n) is 1.71. The van der Waals surface area contributed by atoms with Crippen molar-refractivity contribution in [3.63, 3.8) is 0 Å². The van der Waals surface area contributed by atoms with Gasteiger partial charge in [-0.15, -0.1) is 0 Å². The molecule has 1 aliphatic rings. The first-order valence-corrected chi connectivity index (χ1v) is 5.97. The van der Waals surface area contributed by atoms with E-state index < -0.39 is 22.9 Å². The molecule has 10 nitrogen and oxygen atoms in total. The van der Waals surface area contributed by atoms with Crippen molar-refractivity contribution in [1.29, 1.82) is 0 Å². The lowest BCUT2D eigenvalue weighted by molar-refractivity contribution is -0.385. The molecule has 1 aliphatic heterocycles. The first-order valence-electron chi connectivity index (χ1n) is 5.97. The highest BCUT2D eigenvalue weighted by atomic mass is 16.6. The number of imide groups is 1. The number of nitrogens with zero attached hydrogens (tertiary/aromatic N) is 2. The summed E-state index contributed by atoms with van der Waals surface area (Å²) in [4.78, 5) is 47.6. The minimum atomic E-state index is -0.805. The number of nitro groups is 1. The summed E-state index contributed by atoms with van der Waals surface area (Å²) in [6.07, 6.45) is 1.36. The van der Waals surface area contributed by atoms with Crippen LogP contribution < -0.4 is 16.0 Å². The molecule has 110 valence electrons. The van der Waals surface area contributed by atoms with Gasteiger partial charge < -0.3 is 5.32 Å². The number of anilines is 1. The molecule has 0 spiro atoms. The molecule has 0 unspecified atom stereocenters. The number of hydrogen-bond donors (Lipinski definition) is 3. The second-order valence-electron chi connectivity index (χ2n) is 4.26. The van der Waals surface area contributed by atoms with Gasteiger partial charge in [-0.1, -0.05) is 0 Å². The molecular formula is C11H11N5O5. The first-order chi connectivity index (χ1) is 9.95. The maximum atomic E-state index is 11.7. The number of pyridine rings is 1. The second kappa shape index (κ2) is 5.94. The SMILES string of the molecule is O=C1CC[C@H](NC(=O)Nc2ccc([N+](=O)[O-])cn2)C(=O)N1. The Labute approximate surface area is 118 Å². The maximum absolute atomic E-state index is 11.7. The predicted octanol–water partition coefficient (Wildman–Crippen LogP) is -0.0835. The minimum Gasteiger partial charge on any atom is -0.326 e. The van der Waals surface area contributed by atoms with Crippen LogP contribution >= 0.6 is 0 Å². The van der Waals surface area contributed by atoms with Crippen molar-refractivity contribution in [2.45, 2.75) is 18.9 Å².